The molecule has 1 atom stereocenters. The Labute approximate surface area is 164 Å². The molecular formula is C19H17IO6. The first-order valence-electron chi connectivity index (χ1n) is 7.90. The summed E-state index contributed by atoms with van der Waals surface area (Å²) in [5.41, 5.74) is 1.96. The summed E-state index contributed by atoms with van der Waals surface area (Å²) in [6.45, 7) is 0.339. The number of rotatable bonds is 5. The number of fused-ring (bicyclic) bond motifs is 1. The predicted octanol–water partition coefficient (Wildman–Crippen LogP) is 3.13. The average molecular weight is 468 g/mol. The van der Waals surface area contributed by atoms with E-state index in [1.807, 2.05) is 36.4 Å². The topological polar surface area (TPSA) is 71.1 Å². The van der Waals surface area contributed by atoms with Crippen LogP contribution in [-0.2, 0) is 27.3 Å². The highest BCUT2D eigenvalue weighted by Crippen LogP contribution is 2.41. The monoisotopic (exact) mass is 468 g/mol. The summed E-state index contributed by atoms with van der Waals surface area (Å²) in [5, 5.41) is 0. The number of esters is 2. The maximum atomic E-state index is 12.5. The first kappa shape index (κ1) is 18.5. The molecule has 0 spiro atoms. The van der Waals surface area contributed by atoms with Gasteiger partial charge in [0.05, 0.1) is 17.8 Å². The first-order valence-corrected chi connectivity index (χ1v) is 8.98. The summed E-state index contributed by atoms with van der Waals surface area (Å²) in [6, 6.07) is 11.5. The molecule has 1 aliphatic heterocycles. The fourth-order valence-electron chi connectivity index (χ4n) is 2.79. The van der Waals surface area contributed by atoms with Gasteiger partial charge < -0.3 is 18.9 Å². The summed E-state index contributed by atoms with van der Waals surface area (Å²) < 4.78 is 22.1. The van der Waals surface area contributed by atoms with Gasteiger partial charge in [-0.25, -0.2) is 9.59 Å². The van der Waals surface area contributed by atoms with Gasteiger partial charge in [-0.1, -0.05) is 30.3 Å². The highest BCUT2D eigenvalue weighted by atomic mass is 127. The van der Waals surface area contributed by atoms with Crippen LogP contribution in [0.1, 0.15) is 21.5 Å². The van der Waals surface area contributed by atoms with Crippen LogP contribution in [0.15, 0.2) is 36.4 Å². The van der Waals surface area contributed by atoms with Crippen LogP contribution in [0.5, 0.6) is 11.5 Å². The predicted molar refractivity (Wildman–Crippen MR) is 101 cm³/mol. The first-order chi connectivity index (χ1) is 12.5. The van der Waals surface area contributed by atoms with E-state index in [0.717, 1.165) is 9.13 Å². The molecule has 0 aromatic heterocycles. The lowest BCUT2D eigenvalue weighted by atomic mass is 9.97. The minimum Gasteiger partial charge on any atom is -0.492 e. The zero-order valence-corrected chi connectivity index (χ0v) is 16.4. The molecule has 6 nitrogen and oxygen atoms in total. The molecule has 0 amide bonds. The van der Waals surface area contributed by atoms with Gasteiger partial charge in [-0.05, 0) is 39.8 Å². The minimum atomic E-state index is -0.948. The number of carbonyl (C=O) groups is 2. The Hall–Kier alpha value is -2.29. The lowest BCUT2D eigenvalue weighted by Crippen LogP contribution is -2.35. The average Bonchev–Trinajstić information content (AvgIpc) is 2.65. The van der Waals surface area contributed by atoms with Crippen molar-refractivity contribution in [3.63, 3.8) is 0 Å². The van der Waals surface area contributed by atoms with Crippen molar-refractivity contribution in [3.8, 4) is 11.5 Å². The molecule has 2 aromatic carbocycles. The smallest absolute Gasteiger partial charge is 0.347 e. The molecule has 0 fully saturated rings. The van der Waals surface area contributed by atoms with Crippen molar-refractivity contribution in [2.45, 2.75) is 19.1 Å². The minimum absolute atomic E-state index is 0.235. The fraction of sp³-hybridized carbons (Fsp3) is 0.263. The fourth-order valence-corrected chi connectivity index (χ4v) is 3.57. The molecule has 1 heterocycles. The normalized spacial score (nSPS) is 15.7. The Bertz CT molecular complexity index is 834. The third-order valence-corrected chi connectivity index (χ3v) is 4.83. The molecule has 0 saturated heterocycles. The van der Waals surface area contributed by atoms with E-state index in [4.69, 9.17) is 14.2 Å². The summed E-state index contributed by atoms with van der Waals surface area (Å²) in [7, 11) is 2.73. The van der Waals surface area contributed by atoms with Crippen LogP contribution in [0, 0.1) is 3.57 Å². The number of hydrogen-bond acceptors (Lipinski definition) is 6. The quantitative estimate of drug-likeness (QED) is 0.496. The second kappa shape index (κ2) is 7.94. The summed E-state index contributed by atoms with van der Waals surface area (Å²) in [4.78, 5) is 24.2. The van der Waals surface area contributed by atoms with Crippen molar-refractivity contribution in [2.24, 2.45) is 0 Å². The molecule has 136 valence electrons. The van der Waals surface area contributed by atoms with Gasteiger partial charge in [0.2, 0.25) is 6.10 Å². The van der Waals surface area contributed by atoms with E-state index in [1.165, 1.54) is 14.2 Å². The number of cyclic esters (lactones) is 1. The van der Waals surface area contributed by atoms with Gasteiger partial charge in [-0.2, -0.15) is 0 Å². The number of benzene rings is 2. The van der Waals surface area contributed by atoms with Crippen LogP contribution in [-0.4, -0.2) is 32.3 Å². The van der Waals surface area contributed by atoms with Gasteiger partial charge in [-0.3, -0.25) is 0 Å². The molecule has 7 heteroatoms. The van der Waals surface area contributed by atoms with Gasteiger partial charge in [-0.15, -0.1) is 0 Å². The summed E-state index contributed by atoms with van der Waals surface area (Å²) >= 11 is 2.13. The zero-order chi connectivity index (χ0) is 18.7. The van der Waals surface area contributed by atoms with Crippen LogP contribution < -0.4 is 9.47 Å². The Morgan fingerprint density at radius 2 is 1.96 bits per heavy atom. The van der Waals surface area contributed by atoms with Crippen molar-refractivity contribution in [1.29, 1.82) is 0 Å². The van der Waals surface area contributed by atoms with Crippen LogP contribution in [0.25, 0.3) is 0 Å². The maximum absolute atomic E-state index is 12.5. The van der Waals surface area contributed by atoms with Gasteiger partial charge >= 0.3 is 11.9 Å². The molecule has 26 heavy (non-hydrogen) atoms. The zero-order valence-electron chi connectivity index (χ0n) is 14.3. The van der Waals surface area contributed by atoms with Crippen molar-refractivity contribution in [2.75, 3.05) is 14.2 Å². The molecule has 1 aliphatic rings. The van der Waals surface area contributed by atoms with Crippen molar-refractivity contribution in [3.05, 3.63) is 56.7 Å². The van der Waals surface area contributed by atoms with E-state index in [9.17, 15) is 9.59 Å². The number of halogens is 1. The van der Waals surface area contributed by atoms with Crippen LogP contribution in [0.2, 0.25) is 0 Å². The van der Waals surface area contributed by atoms with Crippen molar-refractivity contribution in [1.82, 2.24) is 0 Å². The SMILES string of the molecule is COC(=O)C1Cc2cc(I)c(OCc3ccccc3)c(OC)c2C(=O)O1. The second-order valence-corrected chi connectivity index (χ2v) is 6.81. The van der Waals surface area contributed by atoms with E-state index in [1.54, 1.807) is 0 Å². The Balaban J connectivity index is 1.95. The molecule has 0 N–H and O–H groups in total. The largest absolute Gasteiger partial charge is 0.492 e. The lowest BCUT2D eigenvalue weighted by molar-refractivity contribution is -0.151. The summed E-state index contributed by atoms with van der Waals surface area (Å²) in [5.74, 6) is -0.415. The lowest BCUT2D eigenvalue weighted by Gasteiger charge is -2.26. The van der Waals surface area contributed by atoms with Crippen LogP contribution in [0.3, 0.4) is 0 Å². The standard InChI is InChI=1S/C19H17IO6/c1-23-17-15-12(9-14(18(21)24-2)26-19(15)22)8-13(20)16(17)25-10-11-6-4-3-5-7-11/h3-8,14H,9-10H2,1-2H3. The van der Waals surface area contributed by atoms with E-state index in [2.05, 4.69) is 27.3 Å². The second-order valence-electron chi connectivity index (χ2n) is 5.65. The van der Waals surface area contributed by atoms with Crippen LogP contribution >= 0.6 is 22.6 Å². The van der Waals surface area contributed by atoms with E-state index < -0.39 is 18.0 Å². The van der Waals surface area contributed by atoms with Gasteiger partial charge in [0.1, 0.15) is 12.2 Å². The number of hydrogen-bond donors (Lipinski definition) is 0. The molecule has 1 unspecified atom stereocenters. The number of carbonyl (C=O) groups excluding carboxylic acids is 2. The van der Waals surface area contributed by atoms with Crippen LogP contribution in [0.4, 0.5) is 0 Å². The van der Waals surface area contributed by atoms with Crippen molar-refractivity contribution < 1.29 is 28.5 Å². The van der Waals surface area contributed by atoms with Gasteiger partial charge in [0, 0.05) is 6.42 Å². The third kappa shape index (κ3) is 3.62. The summed E-state index contributed by atoms with van der Waals surface area (Å²) in [6.07, 6.45) is -0.712. The third-order valence-electron chi connectivity index (χ3n) is 4.03. The van der Waals surface area contributed by atoms with Gasteiger partial charge in [0.25, 0.3) is 0 Å². The van der Waals surface area contributed by atoms with E-state index >= 15 is 0 Å². The molecule has 2 aromatic rings. The molecule has 0 radical (unpaired) electrons. The number of ether oxygens (including phenoxy) is 4. The Kier molecular flexibility index (Phi) is 5.65. The molecule has 0 saturated carbocycles. The molecular weight excluding hydrogens is 451 g/mol. The van der Waals surface area contributed by atoms with E-state index in [-0.39, 0.29) is 12.0 Å². The number of methoxy groups -OCH3 is 2. The highest BCUT2D eigenvalue weighted by Gasteiger charge is 2.36. The van der Waals surface area contributed by atoms with E-state index in [0.29, 0.717) is 23.7 Å². The Morgan fingerprint density at radius 1 is 1.23 bits per heavy atom. The maximum Gasteiger partial charge on any atom is 0.347 e. The molecule has 0 aliphatic carbocycles. The van der Waals surface area contributed by atoms with Gasteiger partial charge in [0.15, 0.2) is 11.5 Å². The highest BCUT2D eigenvalue weighted by molar-refractivity contribution is 14.1. The van der Waals surface area contributed by atoms with Crippen molar-refractivity contribution >= 4 is 34.5 Å². The molecule has 0 bridgehead atoms. The Morgan fingerprint density at radius 3 is 2.62 bits per heavy atom. The molecule has 3 rings (SSSR count).